The van der Waals surface area contributed by atoms with Gasteiger partial charge in [0.2, 0.25) is 0 Å². The zero-order valence-electron chi connectivity index (χ0n) is 16.9. The number of hydrogen-bond donors (Lipinski definition) is 0. The summed E-state index contributed by atoms with van der Waals surface area (Å²) in [6, 6.07) is 17.6. The second-order valence-electron chi connectivity index (χ2n) is 7.12. The Labute approximate surface area is 179 Å². The summed E-state index contributed by atoms with van der Waals surface area (Å²) in [4.78, 5) is 27.2. The molecule has 4 rings (SSSR count). The third kappa shape index (κ3) is 3.98. The lowest BCUT2D eigenvalue weighted by Gasteiger charge is -2.30. The summed E-state index contributed by atoms with van der Waals surface area (Å²) in [6.45, 7) is 2.93. The molecule has 6 nitrogen and oxygen atoms in total. The van der Waals surface area contributed by atoms with Gasteiger partial charge in [0.05, 0.1) is 18.4 Å². The van der Waals surface area contributed by atoms with E-state index in [4.69, 9.17) is 9.84 Å². The molecule has 1 saturated heterocycles. The summed E-state index contributed by atoms with van der Waals surface area (Å²) in [5.41, 5.74) is 4.03. The molecular weight excluding hydrogens is 398 g/mol. The van der Waals surface area contributed by atoms with Crippen molar-refractivity contribution in [1.82, 2.24) is 14.7 Å². The fourth-order valence-corrected chi connectivity index (χ4v) is 4.69. The summed E-state index contributed by atoms with van der Waals surface area (Å²) in [7, 11) is 1.38. The molecule has 3 aromatic rings. The molecule has 1 aliphatic rings. The molecule has 2 heterocycles. The monoisotopic (exact) mass is 421 g/mol. The Morgan fingerprint density at radius 2 is 1.83 bits per heavy atom. The zero-order valence-corrected chi connectivity index (χ0v) is 17.8. The molecule has 7 heteroatoms. The first-order chi connectivity index (χ1) is 14.6. The Morgan fingerprint density at radius 3 is 2.57 bits per heavy atom. The van der Waals surface area contributed by atoms with Gasteiger partial charge in [-0.15, -0.1) is 11.8 Å². The average molecular weight is 422 g/mol. The third-order valence-electron chi connectivity index (χ3n) is 5.18. The topological polar surface area (TPSA) is 64.4 Å². The molecule has 1 amide bonds. The second-order valence-corrected chi connectivity index (χ2v) is 8.43. The van der Waals surface area contributed by atoms with Gasteiger partial charge in [0.15, 0.2) is 0 Å². The Bertz CT molecular complexity index is 1060. The maximum atomic E-state index is 13.5. The van der Waals surface area contributed by atoms with E-state index in [0.717, 1.165) is 16.8 Å². The molecule has 1 aromatic heterocycles. The summed E-state index contributed by atoms with van der Waals surface area (Å²) in [6.07, 6.45) is 1.79. The summed E-state index contributed by atoms with van der Waals surface area (Å²) in [5.74, 6) is 0.277. The van der Waals surface area contributed by atoms with Crippen LogP contribution in [0.25, 0.3) is 16.9 Å². The predicted octanol–water partition coefficient (Wildman–Crippen LogP) is 3.58. The highest BCUT2D eigenvalue weighted by molar-refractivity contribution is 8.00. The van der Waals surface area contributed by atoms with E-state index in [-0.39, 0.29) is 17.1 Å². The van der Waals surface area contributed by atoms with E-state index in [1.807, 2.05) is 61.5 Å². The van der Waals surface area contributed by atoms with E-state index in [9.17, 15) is 9.59 Å². The molecule has 1 atom stereocenters. The number of carbonyl (C=O) groups excluding carboxylic acids is 2. The summed E-state index contributed by atoms with van der Waals surface area (Å²) in [5, 5.41) is 4.41. The van der Waals surface area contributed by atoms with Crippen molar-refractivity contribution in [3.63, 3.8) is 0 Å². The molecule has 2 aromatic carbocycles. The number of esters is 1. The van der Waals surface area contributed by atoms with Gasteiger partial charge < -0.3 is 9.64 Å². The fraction of sp³-hybridized carbons (Fsp3) is 0.261. The van der Waals surface area contributed by atoms with Gasteiger partial charge in [-0.2, -0.15) is 5.10 Å². The van der Waals surface area contributed by atoms with Crippen LogP contribution in [0.5, 0.6) is 0 Å². The first-order valence-corrected chi connectivity index (χ1v) is 10.8. The number of aryl methyl sites for hydroxylation is 1. The van der Waals surface area contributed by atoms with Crippen LogP contribution in [-0.4, -0.2) is 57.8 Å². The summed E-state index contributed by atoms with van der Waals surface area (Å²) < 4.78 is 6.62. The Balaban J connectivity index is 1.74. The van der Waals surface area contributed by atoms with Crippen LogP contribution in [0.1, 0.15) is 15.9 Å². The highest BCUT2D eigenvalue weighted by Gasteiger charge is 2.32. The molecule has 154 valence electrons. The maximum absolute atomic E-state index is 13.5. The first kappa shape index (κ1) is 20.2. The highest BCUT2D eigenvalue weighted by Crippen LogP contribution is 2.29. The lowest BCUT2D eigenvalue weighted by Crippen LogP contribution is -2.45. The largest absolute Gasteiger partial charge is 0.468 e. The highest BCUT2D eigenvalue weighted by atomic mass is 32.2. The second kappa shape index (κ2) is 8.75. The number of amides is 1. The molecule has 1 fully saturated rings. The van der Waals surface area contributed by atoms with E-state index in [1.54, 1.807) is 15.8 Å². The van der Waals surface area contributed by atoms with Crippen molar-refractivity contribution in [2.45, 2.75) is 12.2 Å². The third-order valence-corrected chi connectivity index (χ3v) is 6.35. The molecule has 0 aliphatic carbocycles. The van der Waals surface area contributed by atoms with E-state index in [1.165, 1.54) is 18.9 Å². The first-order valence-electron chi connectivity index (χ1n) is 9.78. The zero-order chi connectivity index (χ0) is 21.1. The lowest BCUT2D eigenvalue weighted by molar-refractivity contribution is -0.140. The maximum Gasteiger partial charge on any atom is 0.320 e. The molecular formula is C23H23N3O3S. The Hall–Kier alpha value is -3.06. The fourth-order valence-electron chi connectivity index (χ4n) is 3.56. The van der Waals surface area contributed by atoms with Gasteiger partial charge in [-0.25, -0.2) is 4.68 Å². The number of rotatable bonds is 4. The van der Waals surface area contributed by atoms with E-state index in [0.29, 0.717) is 30.1 Å². The van der Waals surface area contributed by atoms with Crippen molar-refractivity contribution in [3.8, 4) is 16.9 Å². The van der Waals surface area contributed by atoms with Crippen LogP contribution >= 0.6 is 11.8 Å². The minimum absolute atomic E-state index is 0.121. The molecule has 0 bridgehead atoms. The molecule has 1 aliphatic heterocycles. The van der Waals surface area contributed by atoms with E-state index >= 15 is 0 Å². The van der Waals surface area contributed by atoms with Crippen LogP contribution < -0.4 is 0 Å². The van der Waals surface area contributed by atoms with Crippen molar-refractivity contribution in [2.24, 2.45) is 0 Å². The van der Waals surface area contributed by atoms with Crippen LogP contribution in [0, 0.1) is 6.92 Å². The number of thioether (sulfide) groups is 1. The summed E-state index contributed by atoms with van der Waals surface area (Å²) >= 11 is 1.53. The molecule has 0 spiro atoms. The number of aromatic nitrogens is 2. The number of methoxy groups -OCH3 is 1. The van der Waals surface area contributed by atoms with E-state index in [2.05, 4.69) is 0 Å². The minimum atomic E-state index is -0.362. The number of ether oxygens (including phenoxy) is 1. The number of carbonyl (C=O) groups is 2. The van der Waals surface area contributed by atoms with Crippen molar-refractivity contribution in [2.75, 3.05) is 26.0 Å². The van der Waals surface area contributed by atoms with Crippen LogP contribution in [0.4, 0.5) is 0 Å². The number of benzene rings is 2. The standard InChI is InChI=1S/C23H23N3O3S/c1-16-8-6-7-11-18(16)21-19(14-26(24-21)17-9-4-3-5-10-17)22(27)25-12-13-30-20(15-25)23(28)29-2/h3-11,14,20H,12-13,15H2,1-2H3/t20-/m0/s1. The SMILES string of the molecule is COC(=O)[C@@H]1CN(C(=O)c2cn(-c3ccccc3)nc2-c2ccccc2C)CCS1. The lowest BCUT2D eigenvalue weighted by atomic mass is 10.0. The van der Waals surface area contributed by atoms with Crippen LogP contribution in [0.15, 0.2) is 60.8 Å². The van der Waals surface area contributed by atoms with E-state index < -0.39 is 0 Å². The van der Waals surface area contributed by atoms with Gasteiger partial charge >= 0.3 is 5.97 Å². The van der Waals surface area contributed by atoms with Gasteiger partial charge in [-0.05, 0) is 24.6 Å². The number of para-hydroxylation sites is 1. The van der Waals surface area contributed by atoms with Gasteiger partial charge in [-0.1, -0.05) is 42.5 Å². The van der Waals surface area contributed by atoms with Gasteiger partial charge in [-0.3, -0.25) is 9.59 Å². The van der Waals surface area contributed by atoms with Crippen molar-refractivity contribution >= 4 is 23.6 Å². The Kier molecular flexibility index (Phi) is 5.90. The van der Waals surface area contributed by atoms with Crippen molar-refractivity contribution in [1.29, 1.82) is 0 Å². The minimum Gasteiger partial charge on any atom is -0.468 e. The van der Waals surface area contributed by atoms with Crippen LogP contribution in [-0.2, 0) is 9.53 Å². The predicted molar refractivity (Wildman–Crippen MR) is 118 cm³/mol. The quantitative estimate of drug-likeness (QED) is 0.603. The van der Waals surface area contributed by atoms with Crippen molar-refractivity contribution < 1.29 is 14.3 Å². The molecule has 0 saturated carbocycles. The van der Waals surface area contributed by atoms with Gasteiger partial charge in [0, 0.05) is 30.6 Å². The van der Waals surface area contributed by atoms with Crippen molar-refractivity contribution in [3.05, 3.63) is 71.9 Å². The smallest absolute Gasteiger partial charge is 0.320 e. The van der Waals surface area contributed by atoms with Crippen LogP contribution in [0.2, 0.25) is 0 Å². The normalized spacial score (nSPS) is 16.3. The Morgan fingerprint density at radius 1 is 1.10 bits per heavy atom. The number of hydrogen-bond acceptors (Lipinski definition) is 5. The number of nitrogens with zero attached hydrogens (tertiary/aromatic N) is 3. The van der Waals surface area contributed by atoms with Gasteiger partial charge in [0.25, 0.3) is 5.91 Å². The van der Waals surface area contributed by atoms with Gasteiger partial charge in [0.1, 0.15) is 10.9 Å². The average Bonchev–Trinajstić information content (AvgIpc) is 3.24. The molecule has 0 N–H and O–H groups in total. The molecule has 0 unspecified atom stereocenters. The van der Waals surface area contributed by atoms with Crippen LogP contribution in [0.3, 0.4) is 0 Å². The molecule has 0 radical (unpaired) electrons. The molecule has 30 heavy (non-hydrogen) atoms.